The molecule has 33 heavy (non-hydrogen) atoms. The Hall–Kier alpha value is -3.83. The van der Waals surface area contributed by atoms with Crippen LogP contribution in [0.25, 0.3) is 0 Å². The maximum absolute atomic E-state index is 6.56. The monoisotopic (exact) mass is 454 g/mol. The van der Waals surface area contributed by atoms with Gasteiger partial charge in [-0.05, 0) is 30.7 Å². The zero-order valence-corrected chi connectivity index (χ0v) is 18.9. The smallest absolute Gasteiger partial charge is 0.179 e. The van der Waals surface area contributed by atoms with Crippen LogP contribution in [0.5, 0.6) is 5.75 Å². The molecule has 0 aliphatic carbocycles. The molecule has 2 aromatic heterocycles. The molecule has 2 heterocycles. The summed E-state index contributed by atoms with van der Waals surface area (Å²) in [6.45, 7) is 2.51. The summed E-state index contributed by atoms with van der Waals surface area (Å²) >= 11 is 6.56. The molecule has 0 saturated heterocycles. The molecule has 0 atom stereocenters. The van der Waals surface area contributed by atoms with E-state index in [4.69, 9.17) is 16.3 Å². The van der Waals surface area contributed by atoms with Gasteiger partial charge < -0.3 is 13.9 Å². The number of aromatic nitrogens is 4. The van der Waals surface area contributed by atoms with Crippen LogP contribution in [0.1, 0.15) is 22.3 Å². The second kappa shape index (κ2) is 8.96. The summed E-state index contributed by atoms with van der Waals surface area (Å²) < 4.78 is 10.5. The molecule has 0 spiro atoms. The van der Waals surface area contributed by atoms with Gasteiger partial charge in [-0.3, -0.25) is 0 Å². The number of ether oxygens (including phenoxy) is 1. The lowest BCUT2D eigenvalue weighted by Gasteiger charge is -2.38. The van der Waals surface area contributed by atoms with E-state index in [1.54, 1.807) is 25.0 Å². The van der Waals surface area contributed by atoms with Gasteiger partial charge >= 0.3 is 0 Å². The van der Waals surface area contributed by atoms with Crippen molar-refractivity contribution in [1.82, 2.24) is 19.1 Å². The molecule has 0 saturated carbocycles. The van der Waals surface area contributed by atoms with Crippen LogP contribution in [-0.2, 0) is 12.3 Å². The topological polar surface area (TPSA) is 44.9 Å². The van der Waals surface area contributed by atoms with E-state index >= 15 is 0 Å². The van der Waals surface area contributed by atoms with Crippen molar-refractivity contribution in [2.24, 2.45) is 0 Å². The summed E-state index contributed by atoms with van der Waals surface area (Å²) in [5, 5.41) is 0.619. The fraction of sp³-hybridized carbons (Fsp3) is 0.111. The molecule has 6 heteroatoms. The minimum Gasteiger partial charge on any atom is -0.488 e. The van der Waals surface area contributed by atoms with E-state index in [9.17, 15) is 0 Å². The van der Waals surface area contributed by atoms with Gasteiger partial charge in [0, 0.05) is 40.9 Å². The first-order chi connectivity index (χ1) is 16.2. The number of aryl methyl sites for hydroxylation is 1. The molecule has 5 nitrogen and oxygen atoms in total. The molecule has 0 radical (unpaired) electrons. The van der Waals surface area contributed by atoms with Gasteiger partial charge in [-0.1, -0.05) is 71.8 Å². The van der Waals surface area contributed by atoms with Crippen LogP contribution >= 0.6 is 11.6 Å². The highest BCUT2D eigenvalue weighted by molar-refractivity contribution is 6.30. The van der Waals surface area contributed by atoms with Crippen LogP contribution in [0.15, 0.2) is 110 Å². The molecule has 0 bridgehead atoms. The number of imidazole rings is 2. The maximum atomic E-state index is 6.56. The van der Waals surface area contributed by atoms with Crippen LogP contribution in [0.2, 0.25) is 5.02 Å². The van der Waals surface area contributed by atoms with Crippen molar-refractivity contribution in [2.75, 3.05) is 0 Å². The first-order valence-corrected chi connectivity index (χ1v) is 11.1. The van der Waals surface area contributed by atoms with E-state index in [2.05, 4.69) is 62.4 Å². The highest BCUT2D eigenvalue weighted by atomic mass is 35.5. The molecule has 0 amide bonds. The molecule has 0 aliphatic rings. The second-order valence-corrected chi connectivity index (χ2v) is 8.33. The van der Waals surface area contributed by atoms with Gasteiger partial charge in [0.15, 0.2) is 5.66 Å². The second-order valence-electron chi connectivity index (χ2n) is 7.89. The van der Waals surface area contributed by atoms with Gasteiger partial charge in [0.05, 0.1) is 12.7 Å². The summed E-state index contributed by atoms with van der Waals surface area (Å²) in [6, 6.07) is 24.3. The van der Waals surface area contributed by atoms with E-state index < -0.39 is 5.66 Å². The SMILES string of the molecule is Cc1ccc(COc2ccc(Cl)cc2C(c2ccccc2)(n2ccnc2)n2ccnc2)cc1. The van der Waals surface area contributed by atoms with E-state index in [1.165, 1.54) is 5.56 Å². The van der Waals surface area contributed by atoms with Crippen molar-refractivity contribution >= 4 is 11.6 Å². The predicted molar refractivity (Wildman–Crippen MR) is 129 cm³/mol. The first-order valence-electron chi connectivity index (χ1n) is 10.7. The van der Waals surface area contributed by atoms with Gasteiger partial charge in [0.25, 0.3) is 0 Å². The molecule has 5 rings (SSSR count). The molecule has 0 unspecified atom stereocenters. The van der Waals surface area contributed by atoms with Crippen molar-refractivity contribution in [3.8, 4) is 5.75 Å². The highest BCUT2D eigenvalue weighted by Crippen LogP contribution is 2.42. The zero-order valence-electron chi connectivity index (χ0n) is 18.2. The fourth-order valence-electron chi connectivity index (χ4n) is 4.18. The highest BCUT2D eigenvalue weighted by Gasteiger charge is 2.40. The number of nitrogens with zero attached hydrogens (tertiary/aromatic N) is 4. The van der Waals surface area contributed by atoms with Crippen molar-refractivity contribution in [3.63, 3.8) is 0 Å². The van der Waals surface area contributed by atoms with Gasteiger partial charge in [-0.2, -0.15) is 0 Å². The third-order valence-corrected chi connectivity index (χ3v) is 6.00. The minimum absolute atomic E-state index is 0.438. The van der Waals surface area contributed by atoms with E-state index in [-0.39, 0.29) is 0 Å². The van der Waals surface area contributed by atoms with E-state index in [0.29, 0.717) is 11.6 Å². The molecule has 0 aliphatic heterocycles. The van der Waals surface area contributed by atoms with Crippen LogP contribution in [0.4, 0.5) is 0 Å². The van der Waals surface area contributed by atoms with Gasteiger partial charge in [0.1, 0.15) is 12.4 Å². The zero-order chi connectivity index (χ0) is 22.7. The Kier molecular flexibility index (Phi) is 5.71. The normalized spacial score (nSPS) is 11.5. The molecule has 0 fully saturated rings. The number of benzene rings is 3. The number of halogens is 1. The Morgan fingerprint density at radius 3 is 2.12 bits per heavy atom. The molecular weight excluding hydrogens is 432 g/mol. The molecule has 3 aromatic carbocycles. The average molecular weight is 455 g/mol. The third-order valence-electron chi connectivity index (χ3n) is 5.76. The van der Waals surface area contributed by atoms with Crippen molar-refractivity contribution in [1.29, 1.82) is 0 Å². The molecule has 164 valence electrons. The van der Waals surface area contributed by atoms with Crippen LogP contribution < -0.4 is 4.74 Å². The average Bonchev–Trinajstić information content (AvgIpc) is 3.57. The first kappa shape index (κ1) is 21.0. The lowest BCUT2D eigenvalue weighted by atomic mass is 9.89. The summed E-state index contributed by atoms with van der Waals surface area (Å²) in [5.41, 5.74) is 3.36. The lowest BCUT2D eigenvalue weighted by molar-refractivity contribution is 0.281. The maximum Gasteiger partial charge on any atom is 0.179 e. The van der Waals surface area contributed by atoms with Crippen molar-refractivity contribution < 1.29 is 4.74 Å². The third kappa shape index (κ3) is 3.92. The van der Waals surface area contributed by atoms with E-state index in [1.807, 2.05) is 48.8 Å². The van der Waals surface area contributed by atoms with Gasteiger partial charge in [0.2, 0.25) is 0 Å². The Balaban J connectivity index is 1.72. The minimum atomic E-state index is -0.845. The summed E-state index contributed by atoms with van der Waals surface area (Å²) in [5.74, 6) is 0.728. The quantitative estimate of drug-likeness (QED) is 0.306. The molecular formula is C27H23ClN4O. The summed E-state index contributed by atoms with van der Waals surface area (Å²) in [7, 11) is 0. The van der Waals surface area contributed by atoms with Crippen molar-refractivity contribution in [2.45, 2.75) is 19.2 Å². The number of hydrogen-bond donors (Lipinski definition) is 0. The molecule has 5 aromatic rings. The predicted octanol–water partition coefficient (Wildman–Crippen LogP) is 5.92. The largest absolute Gasteiger partial charge is 0.488 e. The van der Waals surface area contributed by atoms with Gasteiger partial charge in [-0.15, -0.1) is 0 Å². The lowest BCUT2D eigenvalue weighted by Crippen LogP contribution is -2.42. The summed E-state index contributed by atoms with van der Waals surface area (Å²) in [6.07, 6.45) is 11.0. The molecule has 0 N–H and O–H groups in total. The van der Waals surface area contributed by atoms with Crippen LogP contribution in [-0.4, -0.2) is 19.1 Å². The van der Waals surface area contributed by atoms with Crippen molar-refractivity contribution in [3.05, 3.63) is 138 Å². The Labute approximate surface area is 197 Å². The Morgan fingerprint density at radius 1 is 0.848 bits per heavy atom. The van der Waals surface area contributed by atoms with E-state index in [0.717, 1.165) is 22.4 Å². The Morgan fingerprint density at radius 2 is 1.52 bits per heavy atom. The Bertz CT molecular complexity index is 1280. The van der Waals surface area contributed by atoms with Crippen LogP contribution in [0, 0.1) is 6.92 Å². The van der Waals surface area contributed by atoms with Crippen LogP contribution in [0.3, 0.4) is 0 Å². The fourth-order valence-corrected chi connectivity index (χ4v) is 4.35. The van der Waals surface area contributed by atoms with Gasteiger partial charge in [-0.25, -0.2) is 9.97 Å². The summed E-state index contributed by atoms with van der Waals surface area (Å²) in [4.78, 5) is 8.72. The standard InChI is InChI=1S/C27H23ClN4O/c1-21-7-9-22(10-8-21)18-33-26-12-11-24(28)17-25(26)27(31-15-13-29-19-31,32-16-14-30-20-32)23-5-3-2-4-6-23/h2-17,19-20H,18H2,1H3. The number of rotatable bonds is 7. The number of hydrogen-bond acceptors (Lipinski definition) is 3.